The Hall–Kier alpha value is -2.52. The van der Waals surface area contributed by atoms with Crippen molar-refractivity contribution in [1.29, 1.82) is 5.26 Å². The molecule has 1 aromatic rings. The van der Waals surface area contributed by atoms with Gasteiger partial charge in [-0.05, 0) is 29.0 Å². The van der Waals surface area contributed by atoms with Gasteiger partial charge in [-0.25, -0.2) is 0 Å². The second-order valence-electron chi connectivity index (χ2n) is 5.44. The van der Waals surface area contributed by atoms with Gasteiger partial charge in [-0.3, -0.25) is 20.2 Å². The number of nitro groups is 2. The number of nitriles is 1. The first-order valence-electron chi connectivity index (χ1n) is 7.60. The van der Waals surface area contributed by atoms with Crippen LogP contribution in [0.3, 0.4) is 0 Å². The van der Waals surface area contributed by atoms with E-state index in [0.29, 0.717) is 0 Å². The number of halogens is 4. The number of hydrogen-bond acceptors (Lipinski definition) is 7. The first-order valence-corrected chi connectivity index (χ1v) is 8.79. The molecule has 0 unspecified atom stereocenters. The number of alkyl halides is 3. The van der Waals surface area contributed by atoms with E-state index in [0.717, 1.165) is 6.07 Å². The van der Waals surface area contributed by atoms with Crippen molar-refractivity contribution in [1.82, 2.24) is 0 Å². The highest BCUT2D eigenvalue weighted by Gasteiger charge is 2.37. The molecule has 0 aliphatic heterocycles. The third kappa shape index (κ3) is 6.90. The van der Waals surface area contributed by atoms with Crippen LogP contribution in [0, 0.1) is 30.9 Å². The maximum atomic E-state index is 13.5. The molecule has 0 bridgehead atoms. The van der Waals surface area contributed by atoms with Gasteiger partial charge in [0.15, 0.2) is 0 Å². The van der Waals surface area contributed by atoms with Crippen LogP contribution < -0.4 is 5.32 Å². The van der Waals surface area contributed by atoms with Crippen LogP contribution >= 0.6 is 23.4 Å². The summed E-state index contributed by atoms with van der Waals surface area (Å²) >= 11 is 5.90. The molecule has 0 spiro atoms. The van der Waals surface area contributed by atoms with Crippen molar-refractivity contribution in [3.8, 4) is 5.40 Å². The Balaban J connectivity index is 3.72. The van der Waals surface area contributed by atoms with Gasteiger partial charge in [0, 0.05) is 38.3 Å². The van der Waals surface area contributed by atoms with E-state index in [2.05, 4.69) is 11.9 Å². The Bertz CT molecular complexity index is 827. The Morgan fingerprint density at radius 1 is 1.29 bits per heavy atom. The van der Waals surface area contributed by atoms with Crippen molar-refractivity contribution in [3.63, 3.8) is 0 Å². The maximum Gasteiger partial charge on any atom is 0.417 e. The fourth-order valence-electron chi connectivity index (χ4n) is 2.41. The molecule has 0 aliphatic carbocycles. The molecular formula is C15H14ClF3N4O4S. The summed E-state index contributed by atoms with van der Waals surface area (Å²) in [7, 11) is 0. The zero-order chi connectivity index (χ0) is 21.5. The quantitative estimate of drug-likeness (QED) is 0.252. The molecule has 0 radical (unpaired) electrons. The molecular weight excluding hydrogens is 425 g/mol. The lowest BCUT2D eigenvalue weighted by Gasteiger charge is -2.22. The van der Waals surface area contributed by atoms with E-state index in [1.807, 2.05) is 0 Å². The average Bonchev–Trinajstić information content (AvgIpc) is 2.56. The van der Waals surface area contributed by atoms with Crippen LogP contribution in [0.4, 0.5) is 18.9 Å². The first-order chi connectivity index (χ1) is 13.0. The summed E-state index contributed by atoms with van der Waals surface area (Å²) in [6.07, 6.45) is -5.62. The van der Waals surface area contributed by atoms with Gasteiger partial charge in [0.05, 0.1) is 12.1 Å². The zero-order valence-corrected chi connectivity index (χ0v) is 15.8. The van der Waals surface area contributed by atoms with Gasteiger partial charge >= 0.3 is 6.18 Å². The molecule has 8 nitrogen and oxygen atoms in total. The number of thiocyanates is 1. The largest absolute Gasteiger partial charge is 0.417 e. The predicted molar refractivity (Wildman–Crippen MR) is 97.5 cm³/mol. The van der Waals surface area contributed by atoms with Crippen LogP contribution in [-0.4, -0.2) is 29.5 Å². The normalized spacial score (nSPS) is 11.0. The van der Waals surface area contributed by atoms with Gasteiger partial charge in [0.25, 0.3) is 0 Å². The van der Waals surface area contributed by atoms with Crippen molar-refractivity contribution >= 4 is 29.1 Å². The highest BCUT2D eigenvalue weighted by atomic mass is 35.5. The minimum atomic E-state index is -4.86. The van der Waals surface area contributed by atoms with Gasteiger partial charge in [0.2, 0.25) is 13.1 Å². The molecule has 0 heterocycles. The summed E-state index contributed by atoms with van der Waals surface area (Å²) in [6, 6.07) is 0.720. The highest BCUT2D eigenvalue weighted by Crippen LogP contribution is 2.43. The summed E-state index contributed by atoms with van der Waals surface area (Å²) < 4.78 is 40.6. The molecule has 1 rings (SSSR count). The molecule has 0 aromatic heterocycles. The van der Waals surface area contributed by atoms with E-state index >= 15 is 0 Å². The summed E-state index contributed by atoms with van der Waals surface area (Å²) in [5.74, 6) is 0. The van der Waals surface area contributed by atoms with Crippen molar-refractivity contribution in [2.75, 3.05) is 25.0 Å². The summed E-state index contributed by atoms with van der Waals surface area (Å²) in [5.41, 5.74) is -1.29. The number of nitrogens with zero attached hydrogens (tertiary/aromatic N) is 3. The molecule has 1 N–H and O–H groups in total. The molecule has 0 fully saturated rings. The SMILES string of the molecule is C=C(Cl)CNc1c(CC[N+](=O)[O-])cc(C(F)(F)F)c(SC#N)c1CC[N+](=O)[O-]. The summed E-state index contributed by atoms with van der Waals surface area (Å²) in [4.78, 5) is 19.6. The van der Waals surface area contributed by atoms with Gasteiger partial charge in [-0.2, -0.15) is 18.4 Å². The average molecular weight is 439 g/mol. The van der Waals surface area contributed by atoms with Crippen LogP contribution in [0.15, 0.2) is 22.6 Å². The molecule has 152 valence electrons. The number of nitrogens with one attached hydrogen (secondary N) is 1. The second kappa shape index (κ2) is 10.1. The molecule has 28 heavy (non-hydrogen) atoms. The second-order valence-corrected chi connectivity index (χ2v) is 6.77. The van der Waals surface area contributed by atoms with Gasteiger partial charge in [-0.1, -0.05) is 18.2 Å². The lowest BCUT2D eigenvalue weighted by molar-refractivity contribution is -0.479. The Morgan fingerprint density at radius 3 is 2.32 bits per heavy atom. The monoisotopic (exact) mass is 438 g/mol. The topological polar surface area (TPSA) is 122 Å². The molecule has 13 heteroatoms. The zero-order valence-electron chi connectivity index (χ0n) is 14.2. The fraction of sp³-hybridized carbons (Fsp3) is 0.400. The van der Waals surface area contributed by atoms with E-state index in [-0.39, 0.29) is 46.6 Å². The van der Waals surface area contributed by atoms with E-state index < -0.39 is 46.0 Å². The fourth-order valence-corrected chi connectivity index (χ4v) is 3.18. The summed E-state index contributed by atoms with van der Waals surface area (Å²) in [5, 5.41) is 34.8. The van der Waals surface area contributed by atoms with Crippen molar-refractivity contribution in [2.24, 2.45) is 0 Å². The van der Waals surface area contributed by atoms with E-state index in [1.165, 1.54) is 0 Å². The predicted octanol–water partition coefficient (Wildman–Crippen LogP) is 4.08. The Kier molecular flexibility index (Phi) is 8.52. The molecule has 0 atom stereocenters. The third-order valence-electron chi connectivity index (χ3n) is 3.48. The van der Waals surface area contributed by atoms with Crippen molar-refractivity contribution in [3.05, 3.63) is 54.6 Å². The van der Waals surface area contributed by atoms with E-state index in [9.17, 15) is 33.4 Å². The smallest absolute Gasteiger partial charge is 0.380 e. The minimum absolute atomic E-state index is 0.0521. The van der Waals surface area contributed by atoms with Crippen LogP contribution in [0.5, 0.6) is 0 Å². The van der Waals surface area contributed by atoms with E-state index in [4.69, 9.17) is 16.9 Å². The number of rotatable bonds is 10. The van der Waals surface area contributed by atoms with Crippen LogP contribution in [-0.2, 0) is 19.0 Å². The Morgan fingerprint density at radius 2 is 1.86 bits per heavy atom. The Labute approximate surface area is 166 Å². The molecule has 0 amide bonds. The molecule has 1 aromatic carbocycles. The number of thioether (sulfide) groups is 1. The van der Waals surface area contributed by atoms with Crippen LogP contribution in [0.25, 0.3) is 0 Å². The third-order valence-corrected chi connectivity index (χ3v) is 4.37. The molecule has 0 saturated heterocycles. The lowest BCUT2D eigenvalue weighted by atomic mass is 9.97. The van der Waals surface area contributed by atoms with E-state index in [1.54, 1.807) is 5.40 Å². The maximum absolute atomic E-state index is 13.5. The highest BCUT2D eigenvalue weighted by molar-refractivity contribution is 8.03. The van der Waals surface area contributed by atoms with Gasteiger partial charge in [0.1, 0.15) is 5.40 Å². The molecule has 0 saturated carbocycles. The number of hydrogen-bond donors (Lipinski definition) is 1. The van der Waals surface area contributed by atoms with Crippen molar-refractivity contribution in [2.45, 2.75) is 23.9 Å². The number of benzene rings is 1. The number of anilines is 1. The standard InChI is InChI=1S/C15H14ClF3N4O4S/c1-9(16)7-21-13-10(2-4-22(24)25)6-12(15(17,18)19)14(28-8-20)11(13)3-5-23(26)27/h6,21H,1-5,7H2. The minimum Gasteiger partial charge on any atom is -0.380 e. The molecule has 0 aliphatic rings. The first kappa shape index (κ1) is 23.5. The van der Waals surface area contributed by atoms with Crippen LogP contribution in [0.1, 0.15) is 16.7 Å². The van der Waals surface area contributed by atoms with Crippen LogP contribution in [0.2, 0.25) is 0 Å². The van der Waals surface area contributed by atoms with Crippen molar-refractivity contribution < 1.29 is 23.0 Å². The lowest BCUT2D eigenvalue weighted by Crippen LogP contribution is -2.17. The van der Waals surface area contributed by atoms with Gasteiger partial charge in [-0.15, -0.1) is 0 Å². The van der Waals surface area contributed by atoms with Gasteiger partial charge < -0.3 is 5.32 Å². The summed E-state index contributed by atoms with van der Waals surface area (Å²) in [6.45, 7) is 2.02.